The quantitative estimate of drug-likeness (QED) is 0.107. The number of benzene rings is 3. The van der Waals surface area contributed by atoms with Crippen molar-refractivity contribution in [2.45, 2.75) is 36.9 Å². The third-order valence-electron chi connectivity index (χ3n) is 9.88. The summed E-state index contributed by atoms with van der Waals surface area (Å²) in [6.45, 7) is 5.71. The number of aromatic nitrogens is 1. The first-order valence-corrected chi connectivity index (χ1v) is 17.7. The Hall–Kier alpha value is -4.78. The van der Waals surface area contributed by atoms with Gasteiger partial charge in [0, 0.05) is 45.8 Å². The van der Waals surface area contributed by atoms with Gasteiger partial charge in [-0.1, -0.05) is 42.5 Å². The summed E-state index contributed by atoms with van der Waals surface area (Å²) in [7, 11) is 4.91. The Kier molecular flexibility index (Phi) is 10.8. The van der Waals surface area contributed by atoms with Gasteiger partial charge in [0.1, 0.15) is 5.69 Å². The number of nitrogens with zero attached hydrogens (tertiary/aromatic N) is 4. The molecule has 0 spiro atoms. The Morgan fingerprint density at radius 2 is 1.62 bits per heavy atom. The van der Waals surface area contributed by atoms with Crippen LogP contribution in [0.15, 0.2) is 83.9 Å². The number of carbonyl (C=O) groups excluding carboxylic acids is 3. The maximum Gasteiger partial charge on any atom is 0.267 e. The molecule has 0 bridgehead atoms. The van der Waals surface area contributed by atoms with E-state index in [9.17, 15) is 14.4 Å². The summed E-state index contributed by atoms with van der Waals surface area (Å²) in [6, 6.07) is 24.7. The van der Waals surface area contributed by atoms with E-state index in [0.717, 1.165) is 54.4 Å². The highest BCUT2D eigenvalue weighted by Crippen LogP contribution is 2.40. The Balaban J connectivity index is 1.22. The molecule has 12 heteroatoms. The van der Waals surface area contributed by atoms with E-state index in [1.54, 1.807) is 50.1 Å². The molecule has 3 aromatic carbocycles. The standard InChI is InChI=1S/C38H44N6O5S/c1-25(26-10-6-5-7-11-26)42-20-22-43(23-21-42)30-13-8-12-28-35(30)38(47)44(37(28)46)29(27-15-17-32(48-3)33(24-27)49-4)14-9-19-40-36(45)31-16-18-34(50-39)41(31)2/h5-8,10-13,15-18,24-25,29H,9,14,19-23,39H2,1-4H3,(H,40,45)/t25-,29-/m1/s1. The lowest BCUT2D eigenvalue weighted by molar-refractivity contribution is 0.0570. The van der Waals surface area contributed by atoms with E-state index in [4.69, 9.17) is 14.6 Å². The summed E-state index contributed by atoms with van der Waals surface area (Å²) in [5.74, 6) is 0.174. The van der Waals surface area contributed by atoms with Crippen LogP contribution in [0.4, 0.5) is 5.69 Å². The molecule has 3 amide bonds. The third-order valence-corrected chi connectivity index (χ3v) is 10.5. The minimum atomic E-state index is -0.606. The van der Waals surface area contributed by atoms with E-state index >= 15 is 0 Å². The monoisotopic (exact) mass is 696 g/mol. The average Bonchev–Trinajstić information content (AvgIpc) is 3.66. The van der Waals surface area contributed by atoms with E-state index in [1.807, 2.05) is 30.3 Å². The molecule has 1 fully saturated rings. The second kappa shape index (κ2) is 15.4. The first kappa shape index (κ1) is 35.1. The molecule has 1 aromatic heterocycles. The molecule has 0 saturated carbocycles. The van der Waals surface area contributed by atoms with E-state index in [0.29, 0.717) is 47.7 Å². The van der Waals surface area contributed by atoms with Crippen molar-refractivity contribution in [1.29, 1.82) is 0 Å². The summed E-state index contributed by atoms with van der Waals surface area (Å²) in [5, 5.41) is 9.45. The number of hydrogen-bond acceptors (Lipinski definition) is 9. The molecule has 3 N–H and O–H groups in total. The number of carbonyl (C=O) groups is 3. The number of rotatable bonds is 13. The van der Waals surface area contributed by atoms with Crippen LogP contribution in [-0.2, 0) is 7.05 Å². The van der Waals surface area contributed by atoms with Gasteiger partial charge >= 0.3 is 0 Å². The highest BCUT2D eigenvalue weighted by Gasteiger charge is 2.43. The minimum absolute atomic E-state index is 0.223. The molecule has 2 aliphatic heterocycles. The SMILES string of the molecule is COc1ccc([C@@H](CCCNC(=O)c2ccc(SN)n2C)N2C(=O)c3cccc(N4CCN([C@H](C)c5ccccc5)CC4)c3C2=O)cc1OC. The Labute approximate surface area is 297 Å². The molecule has 1 saturated heterocycles. The highest BCUT2D eigenvalue weighted by atomic mass is 32.2. The largest absolute Gasteiger partial charge is 0.493 e. The lowest BCUT2D eigenvalue weighted by atomic mass is 9.99. The van der Waals surface area contributed by atoms with Crippen molar-refractivity contribution in [2.75, 3.05) is 51.8 Å². The van der Waals surface area contributed by atoms with Crippen LogP contribution >= 0.6 is 11.9 Å². The van der Waals surface area contributed by atoms with Gasteiger partial charge in [-0.3, -0.25) is 29.3 Å². The number of anilines is 1. The molecule has 262 valence electrons. The van der Waals surface area contributed by atoms with Gasteiger partial charge in [0.2, 0.25) is 0 Å². The first-order chi connectivity index (χ1) is 24.3. The van der Waals surface area contributed by atoms with Crippen molar-refractivity contribution in [3.8, 4) is 11.5 Å². The maximum absolute atomic E-state index is 14.4. The highest BCUT2D eigenvalue weighted by molar-refractivity contribution is 7.97. The molecule has 4 aromatic rings. The number of hydrogen-bond donors (Lipinski definition) is 2. The van der Waals surface area contributed by atoms with E-state index < -0.39 is 6.04 Å². The Morgan fingerprint density at radius 1 is 0.880 bits per heavy atom. The number of piperazine rings is 1. The number of methoxy groups -OCH3 is 2. The van der Waals surface area contributed by atoms with Gasteiger partial charge in [0.05, 0.1) is 42.1 Å². The summed E-state index contributed by atoms with van der Waals surface area (Å²) >= 11 is 1.08. The number of nitrogens with two attached hydrogens (primary N) is 1. The minimum Gasteiger partial charge on any atom is -0.493 e. The number of amides is 3. The molecule has 50 heavy (non-hydrogen) atoms. The van der Waals surface area contributed by atoms with E-state index in [-0.39, 0.29) is 23.8 Å². The van der Waals surface area contributed by atoms with Crippen LogP contribution in [0.25, 0.3) is 0 Å². The fourth-order valence-corrected chi connectivity index (χ4v) is 7.46. The molecular weight excluding hydrogens is 653 g/mol. The van der Waals surface area contributed by atoms with Gasteiger partial charge in [0.25, 0.3) is 17.7 Å². The van der Waals surface area contributed by atoms with Crippen LogP contribution in [0.5, 0.6) is 11.5 Å². The zero-order chi connectivity index (χ0) is 35.4. The van der Waals surface area contributed by atoms with Crippen LogP contribution in [0, 0.1) is 0 Å². The molecule has 11 nitrogen and oxygen atoms in total. The zero-order valence-electron chi connectivity index (χ0n) is 28.9. The Morgan fingerprint density at radius 3 is 2.30 bits per heavy atom. The second-order valence-corrected chi connectivity index (χ2v) is 13.2. The van der Waals surface area contributed by atoms with Crippen LogP contribution in [0.2, 0.25) is 0 Å². The fourth-order valence-electron chi connectivity index (χ4n) is 7.06. The molecule has 0 unspecified atom stereocenters. The van der Waals surface area contributed by atoms with Crippen molar-refractivity contribution >= 4 is 35.4 Å². The number of nitrogens with one attached hydrogen (secondary N) is 1. The summed E-state index contributed by atoms with van der Waals surface area (Å²) < 4.78 is 12.8. The normalized spacial score (nSPS) is 15.9. The molecule has 6 rings (SSSR count). The van der Waals surface area contributed by atoms with Crippen LogP contribution in [0.3, 0.4) is 0 Å². The van der Waals surface area contributed by atoms with Gasteiger partial charge in [-0.25, -0.2) is 0 Å². The zero-order valence-corrected chi connectivity index (χ0v) is 29.7. The topological polar surface area (TPSA) is 122 Å². The second-order valence-electron chi connectivity index (χ2n) is 12.6. The van der Waals surface area contributed by atoms with Crippen molar-refractivity contribution in [1.82, 2.24) is 19.7 Å². The van der Waals surface area contributed by atoms with Crippen LogP contribution in [-0.4, -0.2) is 79.0 Å². The number of fused-ring (bicyclic) bond motifs is 1. The molecule has 0 radical (unpaired) electrons. The summed E-state index contributed by atoms with van der Waals surface area (Å²) in [4.78, 5) is 47.6. The molecular formula is C38H44N6O5S. The van der Waals surface area contributed by atoms with Gasteiger partial charge in [-0.05, 0) is 79.2 Å². The van der Waals surface area contributed by atoms with Gasteiger partial charge in [0.15, 0.2) is 11.5 Å². The predicted octanol–water partition coefficient (Wildman–Crippen LogP) is 5.44. The first-order valence-electron chi connectivity index (χ1n) is 16.8. The van der Waals surface area contributed by atoms with Crippen molar-refractivity contribution in [3.05, 3.63) is 107 Å². The summed E-state index contributed by atoms with van der Waals surface area (Å²) in [5.41, 5.74) is 4.14. The van der Waals surface area contributed by atoms with Gasteiger partial charge in [-0.15, -0.1) is 0 Å². The lowest BCUT2D eigenvalue weighted by Gasteiger charge is -2.39. The predicted molar refractivity (Wildman–Crippen MR) is 195 cm³/mol. The van der Waals surface area contributed by atoms with Crippen molar-refractivity contribution in [2.24, 2.45) is 12.2 Å². The van der Waals surface area contributed by atoms with Crippen LogP contribution < -0.4 is 24.8 Å². The third kappa shape index (κ3) is 6.83. The lowest BCUT2D eigenvalue weighted by Crippen LogP contribution is -2.47. The van der Waals surface area contributed by atoms with Crippen molar-refractivity contribution < 1.29 is 23.9 Å². The van der Waals surface area contributed by atoms with E-state index in [1.165, 1.54) is 10.5 Å². The molecule has 2 atom stereocenters. The van der Waals surface area contributed by atoms with Crippen molar-refractivity contribution in [3.63, 3.8) is 0 Å². The van der Waals surface area contributed by atoms with Gasteiger partial charge < -0.3 is 24.3 Å². The van der Waals surface area contributed by atoms with Gasteiger partial charge in [-0.2, -0.15) is 0 Å². The number of ether oxygens (including phenoxy) is 2. The molecule has 3 heterocycles. The smallest absolute Gasteiger partial charge is 0.267 e. The Bertz CT molecular complexity index is 1860. The van der Waals surface area contributed by atoms with Crippen LogP contribution in [0.1, 0.15) is 74.2 Å². The maximum atomic E-state index is 14.4. The number of imide groups is 1. The molecule has 2 aliphatic rings. The molecule has 0 aliphatic carbocycles. The fraction of sp³-hybridized carbons (Fsp3) is 0.342. The van der Waals surface area contributed by atoms with E-state index in [2.05, 4.69) is 46.3 Å². The average molecular weight is 697 g/mol. The summed E-state index contributed by atoms with van der Waals surface area (Å²) in [6.07, 6.45) is 0.930.